The molecule has 1 rings (SSSR count). The first-order chi connectivity index (χ1) is 9.17. The maximum Gasteiger partial charge on any atom is 0.184 e. The van der Waals surface area contributed by atoms with E-state index in [9.17, 15) is 0 Å². The second kappa shape index (κ2) is 8.31. The van der Waals surface area contributed by atoms with Crippen molar-refractivity contribution in [3.8, 4) is 11.5 Å². The highest BCUT2D eigenvalue weighted by molar-refractivity contribution is 7.80. The predicted molar refractivity (Wildman–Crippen MR) is 80.9 cm³/mol. The van der Waals surface area contributed by atoms with Gasteiger partial charge in [0.1, 0.15) is 0 Å². The van der Waals surface area contributed by atoms with Crippen molar-refractivity contribution in [1.29, 1.82) is 0 Å². The average Bonchev–Trinajstić information content (AvgIpc) is 2.38. The minimum atomic E-state index is 0.129. The normalized spacial score (nSPS) is 10.4. The summed E-state index contributed by atoms with van der Waals surface area (Å²) >= 11 is 4.66. The molecule has 0 spiro atoms. The van der Waals surface area contributed by atoms with Crippen LogP contribution in [0.3, 0.4) is 0 Å². The minimum Gasteiger partial charge on any atom is -0.490 e. The number of thiocarbonyl (C=S) groups is 1. The Kier molecular flexibility index (Phi) is 6.67. The van der Waals surface area contributed by atoms with Crippen molar-refractivity contribution in [3.63, 3.8) is 0 Å². The van der Waals surface area contributed by atoms with Crippen molar-refractivity contribution in [2.45, 2.75) is 20.3 Å². The third kappa shape index (κ3) is 5.56. The van der Waals surface area contributed by atoms with Gasteiger partial charge in [-0.05, 0) is 49.3 Å². The fourth-order valence-electron chi connectivity index (χ4n) is 1.37. The zero-order valence-corrected chi connectivity index (χ0v) is 12.0. The van der Waals surface area contributed by atoms with Crippen LogP contribution in [0.4, 0.5) is 0 Å². The molecule has 3 N–H and O–H groups in total. The highest BCUT2D eigenvalue weighted by atomic mass is 32.1. The molecule has 1 aromatic carbocycles. The second-order valence-electron chi connectivity index (χ2n) is 3.72. The molecular formula is C13H19N3O2S. The molecule has 19 heavy (non-hydrogen) atoms. The van der Waals surface area contributed by atoms with Crippen LogP contribution in [0.15, 0.2) is 23.3 Å². The quantitative estimate of drug-likeness (QED) is 0.455. The fraction of sp³-hybridized carbons (Fsp3) is 0.385. The summed E-state index contributed by atoms with van der Waals surface area (Å²) in [6, 6.07) is 5.61. The lowest BCUT2D eigenvalue weighted by Gasteiger charge is -2.11. The molecule has 0 saturated heterocycles. The standard InChI is InChI=1S/C13H19N3O2S/c1-3-7-18-11-6-5-10(8-12(11)17-4-2)9-15-16-13(14)19/h5-6,8-9H,3-4,7H2,1-2H3,(H3,14,16,19)/b15-9+. The molecule has 104 valence electrons. The van der Waals surface area contributed by atoms with Crippen LogP contribution in [0.5, 0.6) is 11.5 Å². The van der Waals surface area contributed by atoms with Crippen molar-refractivity contribution in [2.24, 2.45) is 10.8 Å². The van der Waals surface area contributed by atoms with E-state index < -0.39 is 0 Å². The van der Waals surface area contributed by atoms with Gasteiger partial charge in [0.2, 0.25) is 0 Å². The van der Waals surface area contributed by atoms with E-state index in [0.717, 1.165) is 17.7 Å². The van der Waals surface area contributed by atoms with E-state index in [1.54, 1.807) is 6.21 Å². The number of rotatable bonds is 7. The molecule has 0 aromatic heterocycles. The van der Waals surface area contributed by atoms with Gasteiger partial charge in [0.15, 0.2) is 16.6 Å². The first-order valence-corrected chi connectivity index (χ1v) is 6.56. The first kappa shape index (κ1) is 15.2. The third-order valence-electron chi connectivity index (χ3n) is 2.12. The molecule has 0 bridgehead atoms. The zero-order valence-electron chi connectivity index (χ0n) is 11.2. The molecule has 0 radical (unpaired) electrons. The monoisotopic (exact) mass is 281 g/mol. The summed E-state index contributed by atoms with van der Waals surface area (Å²) in [6.45, 7) is 5.23. The number of nitrogens with zero attached hydrogens (tertiary/aromatic N) is 1. The lowest BCUT2D eigenvalue weighted by Crippen LogP contribution is -2.23. The van der Waals surface area contributed by atoms with Crippen molar-refractivity contribution in [3.05, 3.63) is 23.8 Å². The second-order valence-corrected chi connectivity index (χ2v) is 4.16. The van der Waals surface area contributed by atoms with Gasteiger partial charge in [-0.1, -0.05) is 6.92 Å². The highest BCUT2D eigenvalue weighted by Crippen LogP contribution is 2.28. The Hall–Kier alpha value is -1.82. The molecule has 0 heterocycles. The molecule has 0 fully saturated rings. The molecule has 0 aliphatic rings. The van der Waals surface area contributed by atoms with Crippen LogP contribution in [0, 0.1) is 0 Å². The molecule has 0 amide bonds. The summed E-state index contributed by atoms with van der Waals surface area (Å²) < 4.78 is 11.2. The number of nitrogens with two attached hydrogens (primary N) is 1. The van der Waals surface area contributed by atoms with E-state index in [2.05, 4.69) is 29.7 Å². The Morgan fingerprint density at radius 3 is 2.79 bits per heavy atom. The van der Waals surface area contributed by atoms with Gasteiger partial charge < -0.3 is 15.2 Å². The summed E-state index contributed by atoms with van der Waals surface area (Å²) in [4.78, 5) is 0. The summed E-state index contributed by atoms with van der Waals surface area (Å²) in [5, 5.41) is 4.03. The van der Waals surface area contributed by atoms with Gasteiger partial charge in [0.05, 0.1) is 19.4 Å². The largest absolute Gasteiger partial charge is 0.490 e. The molecule has 0 aliphatic heterocycles. The van der Waals surface area contributed by atoms with Crippen LogP contribution in [0.2, 0.25) is 0 Å². The topological polar surface area (TPSA) is 68.9 Å². The van der Waals surface area contributed by atoms with Crippen molar-refractivity contribution >= 4 is 23.5 Å². The maximum absolute atomic E-state index is 5.61. The van der Waals surface area contributed by atoms with Crippen LogP contribution in [-0.4, -0.2) is 24.5 Å². The van der Waals surface area contributed by atoms with Gasteiger partial charge in [0, 0.05) is 0 Å². The number of benzene rings is 1. The Morgan fingerprint density at radius 1 is 1.37 bits per heavy atom. The Morgan fingerprint density at radius 2 is 2.16 bits per heavy atom. The summed E-state index contributed by atoms with van der Waals surface area (Å²) in [5.74, 6) is 1.44. The zero-order chi connectivity index (χ0) is 14.1. The van der Waals surface area contributed by atoms with Crippen molar-refractivity contribution < 1.29 is 9.47 Å². The van der Waals surface area contributed by atoms with Crippen molar-refractivity contribution in [1.82, 2.24) is 5.43 Å². The number of hydrogen-bond donors (Lipinski definition) is 2. The maximum atomic E-state index is 5.61. The molecule has 0 atom stereocenters. The summed E-state index contributed by atoms with van der Waals surface area (Å²) in [7, 11) is 0. The minimum absolute atomic E-state index is 0.129. The van der Waals surface area contributed by atoms with E-state index >= 15 is 0 Å². The van der Waals surface area contributed by atoms with Crippen LogP contribution >= 0.6 is 12.2 Å². The fourth-order valence-corrected chi connectivity index (χ4v) is 1.43. The van der Waals surface area contributed by atoms with Crippen LogP contribution in [0.25, 0.3) is 0 Å². The smallest absolute Gasteiger partial charge is 0.184 e. The Balaban J connectivity index is 2.82. The highest BCUT2D eigenvalue weighted by Gasteiger charge is 2.05. The van der Waals surface area contributed by atoms with Gasteiger partial charge in [0.25, 0.3) is 0 Å². The number of ether oxygens (including phenoxy) is 2. The van der Waals surface area contributed by atoms with Crippen LogP contribution in [-0.2, 0) is 0 Å². The van der Waals surface area contributed by atoms with Crippen LogP contribution < -0.4 is 20.6 Å². The Labute approximate surface area is 118 Å². The molecule has 0 saturated carbocycles. The molecule has 5 nitrogen and oxygen atoms in total. The van der Waals surface area contributed by atoms with Gasteiger partial charge in [-0.3, -0.25) is 5.43 Å². The van der Waals surface area contributed by atoms with E-state index in [-0.39, 0.29) is 5.11 Å². The molecule has 6 heteroatoms. The Bertz CT molecular complexity index is 450. The summed E-state index contributed by atoms with van der Waals surface area (Å²) in [6.07, 6.45) is 2.57. The third-order valence-corrected chi connectivity index (χ3v) is 2.21. The van der Waals surface area contributed by atoms with Crippen LogP contribution in [0.1, 0.15) is 25.8 Å². The lowest BCUT2D eigenvalue weighted by atomic mass is 10.2. The number of hydrazone groups is 1. The van der Waals surface area contributed by atoms with E-state index in [4.69, 9.17) is 15.2 Å². The predicted octanol–water partition coefficient (Wildman–Crippen LogP) is 2.04. The first-order valence-electron chi connectivity index (χ1n) is 6.15. The number of nitrogens with one attached hydrogen (secondary N) is 1. The molecular weight excluding hydrogens is 262 g/mol. The van der Waals surface area contributed by atoms with Gasteiger partial charge in [-0.2, -0.15) is 5.10 Å². The molecule has 1 aromatic rings. The van der Waals surface area contributed by atoms with E-state index in [1.165, 1.54) is 0 Å². The van der Waals surface area contributed by atoms with Gasteiger partial charge in [-0.15, -0.1) is 0 Å². The molecule has 0 unspecified atom stereocenters. The average molecular weight is 281 g/mol. The van der Waals surface area contributed by atoms with E-state index in [1.807, 2.05) is 25.1 Å². The summed E-state index contributed by atoms with van der Waals surface area (Å²) in [5.41, 5.74) is 8.65. The number of hydrogen-bond acceptors (Lipinski definition) is 4. The lowest BCUT2D eigenvalue weighted by molar-refractivity contribution is 0.277. The van der Waals surface area contributed by atoms with Crippen molar-refractivity contribution in [2.75, 3.05) is 13.2 Å². The SMILES string of the molecule is CCCOc1ccc(/C=N/NC(N)=S)cc1OCC. The molecule has 0 aliphatic carbocycles. The van der Waals surface area contributed by atoms with E-state index in [0.29, 0.717) is 19.0 Å². The van der Waals surface area contributed by atoms with Gasteiger partial charge in [-0.25, -0.2) is 0 Å². The van der Waals surface area contributed by atoms with Gasteiger partial charge >= 0.3 is 0 Å².